The first-order valence-corrected chi connectivity index (χ1v) is 9.75. The van der Waals surface area contributed by atoms with Gasteiger partial charge in [-0.3, -0.25) is 14.4 Å². The summed E-state index contributed by atoms with van der Waals surface area (Å²) in [4.78, 5) is 48.5. The van der Waals surface area contributed by atoms with Crippen LogP contribution in [0.4, 0.5) is 0 Å². The van der Waals surface area contributed by atoms with E-state index in [2.05, 4.69) is 16.0 Å². The third-order valence-electron chi connectivity index (χ3n) is 4.51. The second kappa shape index (κ2) is 11.9. The van der Waals surface area contributed by atoms with Gasteiger partial charge in [0.2, 0.25) is 17.7 Å². The third kappa shape index (κ3) is 8.22. The number of nitrogens with two attached hydrogens (primary N) is 1. The minimum Gasteiger partial charge on any atom is -0.508 e. The van der Waals surface area contributed by atoms with Crippen molar-refractivity contribution in [3.63, 3.8) is 0 Å². The van der Waals surface area contributed by atoms with E-state index in [0.717, 1.165) is 0 Å². The molecular formula is C20H30N4O7. The van der Waals surface area contributed by atoms with Gasteiger partial charge in [-0.05, 0) is 30.5 Å². The molecule has 3 amide bonds. The van der Waals surface area contributed by atoms with E-state index in [1.807, 2.05) is 0 Å². The van der Waals surface area contributed by atoms with Crippen LogP contribution in [0.2, 0.25) is 0 Å². The first-order chi connectivity index (χ1) is 14.5. The van der Waals surface area contributed by atoms with Crippen molar-refractivity contribution < 1.29 is 34.5 Å². The number of hydrogen-bond donors (Lipinski definition) is 7. The Balaban J connectivity index is 3.01. The Bertz CT molecular complexity index is 780. The number of rotatable bonds is 11. The van der Waals surface area contributed by atoms with Crippen LogP contribution in [0.25, 0.3) is 0 Å². The van der Waals surface area contributed by atoms with Crippen LogP contribution >= 0.6 is 0 Å². The molecule has 0 bridgehead atoms. The minimum absolute atomic E-state index is 0.0236. The molecule has 1 aromatic carbocycles. The molecule has 0 saturated carbocycles. The maximum absolute atomic E-state index is 12.8. The molecule has 172 valence electrons. The molecule has 4 atom stereocenters. The number of nitrogens with one attached hydrogen (secondary N) is 3. The Hall–Kier alpha value is -3.18. The first-order valence-electron chi connectivity index (χ1n) is 9.75. The van der Waals surface area contributed by atoms with Crippen molar-refractivity contribution in [3.05, 3.63) is 29.8 Å². The molecule has 0 aliphatic carbocycles. The molecule has 0 fully saturated rings. The smallest absolute Gasteiger partial charge is 0.326 e. The zero-order valence-corrected chi connectivity index (χ0v) is 17.7. The van der Waals surface area contributed by atoms with Gasteiger partial charge in [0.1, 0.15) is 23.9 Å². The summed E-state index contributed by atoms with van der Waals surface area (Å²) in [6, 6.07) is 2.15. The summed E-state index contributed by atoms with van der Waals surface area (Å²) in [5.74, 6) is -3.91. The molecule has 0 radical (unpaired) electrons. The summed E-state index contributed by atoms with van der Waals surface area (Å²) in [6.45, 7) is 4.10. The quantitative estimate of drug-likeness (QED) is 0.216. The van der Waals surface area contributed by atoms with Crippen LogP contribution in [-0.4, -0.2) is 69.8 Å². The molecule has 1 aromatic rings. The SMILES string of the molecule is CC(C)C(NC(=O)C(NC(=O)C(Cc1ccc(O)cc1)NC(=O)CN)C(C)O)C(=O)O. The predicted molar refractivity (Wildman–Crippen MR) is 111 cm³/mol. The first kappa shape index (κ1) is 25.9. The second-order valence-electron chi connectivity index (χ2n) is 7.49. The van der Waals surface area contributed by atoms with Crippen LogP contribution in [0.1, 0.15) is 26.3 Å². The average molecular weight is 438 g/mol. The van der Waals surface area contributed by atoms with Crippen LogP contribution in [0.3, 0.4) is 0 Å². The van der Waals surface area contributed by atoms with Crippen molar-refractivity contribution in [2.75, 3.05) is 6.54 Å². The molecule has 0 aliphatic heterocycles. The van der Waals surface area contributed by atoms with E-state index in [1.54, 1.807) is 26.0 Å². The molecule has 11 heteroatoms. The van der Waals surface area contributed by atoms with Crippen LogP contribution in [-0.2, 0) is 25.6 Å². The number of carbonyl (C=O) groups excluding carboxylic acids is 3. The van der Waals surface area contributed by atoms with E-state index in [9.17, 15) is 34.5 Å². The summed E-state index contributed by atoms with van der Waals surface area (Å²) in [5, 5.41) is 35.7. The summed E-state index contributed by atoms with van der Waals surface area (Å²) >= 11 is 0. The highest BCUT2D eigenvalue weighted by molar-refractivity contribution is 5.94. The molecule has 1 rings (SSSR count). The van der Waals surface area contributed by atoms with Gasteiger partial charge in [-0.2, -0.15) is 0 Å². The van der Waals surface area contributed by atoms with Crippen molar-refractivity contribution in [1.29, 1.82) is 0 Å². The Morgan fingerprint density at radius 1 is 0.935 bits per heavy atom. The summed E-state index contributed by atoms with van der Waals surface area (Å²) < 4.78 is 0. The van der Waals surface area contributed by atoms with Gasteiger partial charge < -0.3 is 37.0 Å². The molecule has 31 heavy (non-hydrogen) atoms. The number of aromatic hydroxyl groups is 1. The van der Waals surface area contributed by atoms with Crippen LogP contribution in [0, 0.1) is 5.92 Å². The number of benzene rings is 1. The van der Waals surface area contributed by atoms with Gasteiger partial charge in [-0.25, -0.2) is 4.79 Å². The number of aliphatic carboxylic acids is 1. The number of hydrogen-bond acceptors (Lipinski definition) is 7. The van der Waals surface area contributed by atoms with E-state index in [4.69, 9.17) is 5.73 Å². The van der Waals surface area contributed by atoms with E-state index >= 15 is 0 Å². The van der Waals surface area contributed by atoms with Gasteiger partial charge in [-0.15, -0.1) is 0 Å². The monoisotopic (exact) mass is 438 g/mol. The van der Waals surface area contributed by atoms with Crippen molar-refractivity contribution in [1.82, 2.24) is 16.0 Å². The van der Waals surface area contributed by atoms with Crippen molar-refractivity contribution in [3.8, 4) is 5.75 Å². The normalized spacial score (nSPS) is 14.8. The molecule has 8 N–H and O–H groups in total. The van der Waals surface area contributed by atoms with Gasteiger partial charge >= 0.3 is 5.97 Å². The molecule has 0 aliphatic rings. The second-order valence-corrected chi connectivity index (χ2v) is 7.49. The lowest BCUT2D eigenvalue weighted by atomic mass is 10.0. The number of aliphatic hydroxyl groups is 1. The summed E-state index contributed by atoms with van der Waals surface area (Å²) in [7, 11) is 0. The number of carboxylic acids is 1. The van der Waals surface area contributed by atoms with Crippen molar-refractivity contribution in [2.24, 2.45) is 11.7 Å². The standard InChI is InChI=1S/C20H30N4O7/c1-10(2)16(20(30)31)23-19(29)17(11(3)25)24-18(28)14(22-15(27)9-21)8-12-4-6-13(26)7-5-12/h4-7,10-11,14,16-17,25-26H,8-9,21H2,1-3H3,(H,22,27)(H,23,29)(H,24,28)(H,30,31). The Kier molecular flexibility index (Phi) is 9.90. The third-order valence-corrected chi connectivity index (χ3v) is 4.51. The van der Waals surface area contributed by atoms with Gasteiger partial charge in [-0.1, -0.05) is 26.0 Å². The zero-order valence-electron chi connectivity index (χ0n) is 17.7. The topological polar surface area (TPSA) is 191 Å². The lowest BCUT2D eigenvalue weighted by Gasteiger charge is -2.27. The minimum atomic E-state index is -1.45. The van der Waals surface area contributed by atoms with E-state index in [0.29, 0.717) is 5.56 Å². The maximum Gasteiger partial charge on any atom is 0.326 e. The Labute approximate surface area is 180 Å². The van der Waals surface area contributed by atoms with Gasteiger partial charge in [0.05, 0.1) is 12.6 Å². The lowest BCUT2D eigenvalue weighted by Crippen LogP contribution is -2.60. The van der Waals surface area contributed by atoms with Crippen molar-refractivity contribution >= 4 is 23.7 Å². The van der Waals surface area contributed by atoms with E-state index < -0.39 is 53.8 Å². The Morgan fingerprint density at radius 2 is 1.48 bits per heavy atom. The highest BCUT2D eigenvalue weighted by Crippen LogP contribution is 2.12. The molecule has 11 nitrogen and oxygen atoms in total. The van der Waals surface area contributed by atoms with Gasteiger partial charge in [0, 0.05) is 6.42 Å². The van der Waals surface area contributed by atoms with Crippen LogP contribution < -0.4 is 21.7 Å². The lowest BCUT2D eigenvalue weighted by molar-refractivity contribution is -0.144. The number of amides is 3. The summed E-state index contributed by atoms with van der Waals surface area (Å²) in [6.07, 6.45) is -1.32. The fraction of sp³-hybridized carbons (Fsp3) is 0.500. The number of carboxylic acid groups (broad SMARTS) is 1. The highest BCUT2D eigenvalue weighted by atomic mass is 16.4. The van der Waals surface area contributed by atoms with Crippen molar-refractivity contribution in [2.45, 2.75) is 51.4 Å². The van der Waals surface area contributed by atoms with Crippen LogP contribution in [0.5, 0.6) is 5.75 Å². The van der Waals surface area contributed by atoms with Gasteiger partial charge in [0.25, 0.3) is 0 Å². The molecule has 0 saturated heterocycles. The number of carbonyl (C=O) groups is 4. The van der Waals surface area contributed by atoms with E-state index in [-0.39, 0.29) is 18.7 Å². The maximum atomic E-state index is 12.8. The molecule has 0 heterocycles. The number of phenols is 1. The predicted octanol–water partition coefficient (Wildman–Crippen LogP) is -1.53. The van der Waals surface area contributed by atoms with Gasteiger partial charge in [0.15, 0.2) is 0 Å². The average Bonchev–Trinajstić information content (AvgIpc) is 2.69. The van der Waals surface area contributed by atoms with E-state index in [1.165, 1.54) is 19.1 Å². The number of aliphatic hydroxyl groups excluding tert-OH is 1. The molecule has 0 aromatic heterocycles. The largest absolute Gasteiger partial charge is 0.508 e. The highest BCUT2D eigenvalue weighted by Gasteiger charge is 2.33. The molecule has 4 unspecified atom stereocenters. The molecular weight excluding hydrogens is 408 g/mol. The fourth-order valence-electron chi connectivity index (χ4n) is 2.75. The Morgan fingerprint density at radius 3 is 1.94 bits per heavy atom. The molecule has 0 spiro atoms. The fourth-order valence-corrected chi connectivity index (χ4v) is 2.75. The zero-order chi connectivity index (χ0) is 23.7. The van der Waals surface area contributed by atoms with Crippen LogP contribution in [0.15, 0.2) is 24.3 Å². The number of phenolic OH excluding ortho intramolecular Hbond substituents is 1. The summed E-state index contributed by atoms with van der Waals surface area (Å²) in [5.41, 5.74) is 5.92.